The van der Waals surface area contributed by atoms with Crippen LogP contribution >= 0.6 is 11.3 Å². The van der Waals surface area contributed by atoms with Crippen LogP contribution in [0.2, 0.25) is 0 Å². The highest BCUT2D eigenvalue weighted by molar-refractivity contribution is 7.10. The summed E-state index contributed by atoms with van der Waals surface area (Å²) in [5, 5.41) is 2.06. The number of nitrogens with zero attached hydrogens (tertiary/aromatic N) is 1. The minimum Gasteiger partial charge on any atom is -0.334 e. The zero-order valence-corrected chi connectivity index (χ0v) is 13.8. The van der Waals surface area contributed by atoms with Gasteiger partial charge in [0, 0.05) is 23.7 Å². The Morgan fingerprint density at radius 2 is 1.92 bits per heavy atom. The van der Waals surface area contributed by atoms with E-state index in [1.165, 1.54) is 10.4 Å². The number of benzene rings is 1. The minimum atomic E-state index is -0.336. The van der Waals surface area contributed by atoms with E-state index < -0.39 is 0 Å². The van der Waals surface area contributed by atoms with Gasteiger partial charge in [0.1, 0.15) is 5.56 Å². The molecule has 4 nitrogen and oxygen atoms in total. The molecule has 1 amide bonds. The third kappa shape index (κ3) is 2.67. The number of carbonyl (C=O) groups excluding carboxylic acids is 1. The molecule has 1 aliphatic rings. The van der Waals surface area contributed by atoms with Crippen LogP contribution in [-0.2, 0) is 13.0 Å². The number of amides is 1. The van der Waals surface area contributed by atoms with E-state index in [0.717, 1.165) is 17.7 Å². The zero-order valence-electron chi connectivity index (χ0n) is 13.0. The Hall–Kier alpha value is -2.66. The molecule has 0 unspecified atom stereocenters. The molecule has 120 valence electrons. The summed E-state index contributed by atoms with van der Waals surface area (Å²) in [6.07, 6.45) is 0.860. The van der Waals surface area contributed by atoms with Crippen molar-refractivity contribution in [1.29, 1.82) is 0 Å². The SMILES string of the molecule is O=C(c1ccc(-c2ccccc2)[nH]c1=O)N1CCc2sccc2C1. The largest absolute Gasteiger partial charge is 0.334 e. The molecular weight excluding hydrogens is 320 g/mol. The van der Waals surface area contributed by atoms with E-state index in [1.54, 1.807) is 28.4 Å². The molecule has 1 N–H and O–H groups in total. The van der Waals surface area contributed by atoms with E-state index in [9.17, 15) is 9.59 Å². The fourth-order valence-corrected chi connectivity index (χ4v) is 3.91. The first-order chi connectivity index (χ1) is 11.7. The van der Waals surface area contributed by atoms with E-state index in [1.807, 2.05) is 30.3 Å². The van der Waals surface area contributed by atoms with Crippen LogP contribution in [-0.4, -0.2) is 22.3 Å². The van der Waals surface area contributed by atoms with Crippen LogP contribution in [0.25, 0.3) is 11.3 Å². The fourth-order valence-electron chi connectivity index (χ4n) is 3.02. The Kier molecular flexibility index (Phi) is 3.78. The summed E-state index contributed by atoms with van der Waals surface area (Å²) >= 11 is 1.73. The van der Waals surface area contributed by atoms with Gasteiger partial charge in [-0.1, -0.05) is 30.3 Å². The van der Waals surface area contributed by atoms with E-state index in [4.69, 9.17) is 0 Å². The van der Waals surface area contributed by atoms with Gasteiger partial charge in [0.25, 0.3) is 11.5 Å². The number of aromatic nitrogens is 1. The predicted octanol–water partition coefficient (Wildman–Crippen LogP) is 3.30. The number of hydrogen-bond donors (Lipinski definition) is 1. The van der Waals surface area contributed by atoms with Crippen molar-refractivity contribution in [2.45, 2.75) is 13.0 Å². The number of pyridine rings is 1. The number of hydrogen-bond acceptors (Lipinski definition) is 3. The quantitative estimate of drug-likeness (QED) is 0.781. The standard InChI is InChI=1S/C19H16N2O2S/c22-18-15(6-7-16(20-18)13-4-2-1-3-5-13)19(23)21-10-8-17-14(12-21)9-11-24-17/h1-7,9,11H,8,10,12H2,(H,20,22). The van der Waals surface area contributed by atoms with Crippen LogP contribution in [0.1, 0.15) is 20.8 Å². The average molecular weight is 336 g/mol. The molecule has 5 heteroatoms. The van der Waals surface area contributed by atoms with Gasteiger partial charge in [-0.3, -0.25) is 9.59 Å². The van der Waals surface area contributed by atoms with Crippen molar-refractivity contribution in [3.8, 4) is 11.3 Å². The average Bonchev–Trinajstić information content (AvgIpc) is 3.09. The Morgan fingerprint density at radius 1 is 1.08 bits per heavy atom. The molecule has 3 heterocycles. The molecule has 0 saturated carbocycles. The Balaban J connectivity index is 1.61. The topological polar surface area (TPSA) is 53.2 Å². The highest BCUT2D eigenvalue weighted by atomic mass is 32.1. The first-order valence-electron chi connectivity index (χ1n) is 7.85. The summed E-state index contributed by atoms with van der Waals surface area (Å²) in [6.45, 7) is 1.24. The molecule has 1 aliphatic heterocycles. The number of aromatic amines is 1. The van der Waals surface area contributed by atoms with Crippen molar-refractivity contribution in [1.82, 2.24) is 9.88 Å². The van der Waals surface area contributed by atoms with Crippen LogP contribution < -0.4 is 5.56 Å². The predicted molar refractivity (Wildman–Crippen MR) is 95.3 cm³/mol. The van der Waals surface area contributed by atoms with Gasteiger partial charge >= 0.3 is 0 Å². The maximum Gasteiger partial charge on any atom is 0.261 e. The first kappa shape index (κ1) is 14.9. The van der Waals surface area contributed by atoms with E-state index in [2.05, 4.69) is 16.4 Å². The van der Waals surface area contributed by atoms with Crippen LogP contribution in [0.5, 0.6) is 0 Å². The van der Waals surface area contributed by atoms with Crippen molar-refractivity contribution in [2.24, 2.45) is 0 Å². The lowest BCUT2D eigenvalue weighted by Gasteiger charge is -2.26. The van der Waals surface area contributed by atoms with E-state index in [-0.39, 0.29) is 17.0 Å². The molecule has 0 saturated heterocycles. The molecule has 1 aromatic carbocycles. The summed E-state index contributed by atoms with van der Waals surface area (Å²) in [5.41, 5.74) is 2.70. The fraction of sp³-hybridized carbons (Fsp3) is 0.158. The van der Waals surface area contributed by atoms with Crippen LogP contribution in [0.15, 0.2) is 58.7 Å². The summed E-state index contributed by atoms with van der Waals surface area (Å²) in [6, 6.07) is 15.1. The summed E-state index contributed by atoms with van der Waals surface area (Å²) < 4.78 is 0. The molecule has 3 aromatic rings. The Labute approximate surface area is 143 Å². The number of fused-ring (bicyclic) bond motifs is 1. The van der Waals surface area contributed by atoms with E-state index >= 15 is 0 Å². The van der Waals surface area contributed by atoms with Crippen LogP contribution in [0, 0.1) is 0 Å². The second kappa shape index (κ2) is 6.09. The number of H-pyrrole nitrogens is 1. The number of rotatable bonds is 2. The van der Waals surface area contributed by atoms with Gasteiger partial charge in [-0.05, 0) is 41.1 Å². The Morgan fingerprint density at radius 3 is 2.71 bits per heavy atom. The monoisotopic (exact) mass is 336 g/mol. The second-order valence-corrected chi connectivity index (χ2v) is 6.83. The minimum absolute atomic E-state index is 0.201. The smallest absolute Gasteiger partial charge is 0.261 e. The normalized spacial score (nSPS) is 13.6. The number of nitrogens with one attached hydrogen (secondary N) is 1. The van der Waals surface area contributed by atoms with Gasteiger partial charge < -0.3 is 9.88 Å². The molecule has 0 fully saturated rings. The Bertz CT molecular complexity index is 943. The van der Waals surface area contributed by atoms with Crippen molar-refractivity contribution in [2.75, 3.05) is 6.54 Å². The van der Waals surface area contributed by atoms with Crippen molar-refractivity contribution in [3.63, 3.8) is 0 Å². The highest BCUT2D eigenvalue weighted by Crippen LogP contribution is 2.24. The van der Waals surface area contributed by atoms with Crippen LogP contribution in [0.3, 0.4) is 0 Å². The molecule has 0 atom stereocenters. The molecular formula is C19H16N2O2S. The lowest BCUT2D eigenvalue weighted by Crippen LogP contribution is -2.38. The molecule has 4 rings (SSSR count). The maximum atomic E-state index is 12.7. The second-order valence-electron chi connectivity index (χ2n) is 5.83. The van der Waals surface area contributed by atoms with Crippen molar-refractivity contribution >= 4 is 17.2 Å². The third-order valence-electron chi connectivity index (χ3n) is 4.32. The van der Waals surface area contributed by atoms with Gasteiger partial charge in [-0.25, -0.2) is 0 Å². The molecule has 2 aromatic heterocycles. The van der Waals surface area contributed by atoms with Gasteiger partial charge in [-0.2, -0.15) is 0 Å². The van der Waals surface area contributed by atoms with Crippen molar-refractivity contribution < 1.29 is 4.79 Å². The zero-order chi connectivity index (χ0) is 16.5. The summed E-state index contributed by atoms with van der Waals surface area (Å²) in [5.74, 6) is -0.201. The van der Waals surface area contributed by atoms with Gasteiger partial charge in [-0.15, -0.1) is 11.3 Å². The molecule has 0 spiro atoms. The number of thiophene rings is 1. The van der Waals surface area contributed by atoms with Crippen molar-refractivity contribution in [3.05, 3.63) is 80.3 Å². The number of carbonyl (C=O) groups is 1. The van der Waals surface area contributed by atoms with Gasteiger partial charge in [0.15, 0.2) is 0 Å². The molecule has 0 bridgehead atoms. The van der Waals surface area contributed by atoms with Gasteiger partial charge in [0.05, 0.1) is 0 Å². The third-order valence-corrected chi connectivity index (χ3v) is 5.34. The lowest BCUT2D eigenvalue weighted by molar-refractivity contribution is 0.0734. The summed E-state index contributed by atoms with van der Waals surface area (Å²) in [7, 11) is 0. The van der Waals surface area contributed by atoms with Crippen LogP contribution in [0.4, 0.5) is 0 Å². The molecule has 24 heavy (non-hydrogen) atoms. The maximum absolute atomic E-state index is 12.7. The van der Waals surface area contributed by atoms with E-state index in [0.29, 0.717) is 13.1 Å². The highest BCUT2D eigenvalue weighted by Gasteiger charge is 2.24. The lowest BCUT2D eigenvalue weighted by atomic mass is 10.1. The molecule has 0 aliphatic carbocycles. The first-order valence-corrected chi connectivity index (χ1v) is 8.73. The molecule has 0 radical (unpaired) electrons. The van der Waals surface area contributed by atoms with Gasteiger partial charge in [0.2, 0.25) is 0 Å². The summed E-state index contributed by atoms with van der Waals surface area (Å²) in [4.78, 5) is 31.0.